The van der Waals surface area contributed by atoms with E-state index in [9.17, 15) is 17.6 Å². The number of halogens is 1. The van der Waals surface area contributed by atoms with E-state index in [0.29, 0.717) is 38.8 Å². The number of nitrogens with zero attached hydrogens (tertiary/aromatic N) is 1. The molecule has 5 nitrogen and oxygen atoms in total. The Kier molecular flexibility index (Phi) is 7.17. The molecule has 0 bridgehead atoms. The number of hydrogen-bond acceptors (Lipinski definition) is 3. The Hall–Kier alpha value is -2.25. The second kappa shape index (κ2) is 9.49. The van der Waals surface area contributed by atoms with Crippen molar-refractivity contribution >= 4 is 15.9 Å². The van der Waals surface area contributed by atoms with E-state index >= 15 is 0 Å². The monoisotopic (exact) mass is 446 g/mol. The molecule has 2 aromatic carbocycles. The first-order valence-electron chi connectivity index (χ1n) is 10.7. The molecule has 1 heterocycles. The fourth-order valence-corrected chi connectivity index (χ4v) is 5.03. The smallest absolute Gasteiger partial charge is 0.240 e. The van der Waals surface area contributed by atoms with Crippen LogP contribution in [-0.2, 0) is 26.7 Å². The van der Waals surface area contributed by atoms with E-state index in [1.165, 1.54) is 17.7 Å². The van der Waals surface area contributed by atoms with E-state index in [-0.39, 0.29) is 22.3 Å². The fourth-order valence-electron chi connectivity index (χ4n) is 3.73. The largest absolute Gasteiger partial charge is 0.343 e. The average Bonchev–Trinajstić information content (AvgIpc) is 2.72. The topological polar surface area (TPSA) is 66.5 Å². The van der Waals surface area contributed by atoms with Gasteiger partial charge in [-0.15, -0.1) is 0 Å². The predicted molar refractivity (Wildman–Crippen MR) is 120 cm³/mol. The van der Waals surface area contributed by atoms with E-state index in [2.05, 4.69) is 49.8 Å². The molecular weight excluding hydrogens is 415 g/mol. The highest BCUT2D eigenvalue weighted by Gasteiger charge is 2.26. The Labute approximate surface area is 184 Å². The summed E-state index contributed by atoms with van der Waals surface area (Å²) in [4.78, 5) is 14.5. The molecular formula is C24H31FN2O3S. The van der Waals surface area contributed by atoms with Gasteiger partial charge in [-0.05, 0) is 60.1 Å². The minimum absolute atomic E-state index is 0.0462. The molecule has 2 aromatic rings. The molecule has 3 rings (SSSR count). The zero-order valence-electron chi connectivity index (χ0n) is 18.4. The molecule has 1 saturated heterocycles. The van der Waals surface area contributed by atoms with Crippen LogP contribution in [0.1, 0.15) is 51.2 Å². The molecule has 0 saturated carbocycles. The lowest BCUT2D eigenvalue weighted by molar-refractivity contribution is -0.132. The van der Waals surface area contributed by atoms with Gasteiger partial charge in [-0.2, -0.15) is 0 Å². The Morgan fingerprint density at radius 1 is 1.03 bits per heavy atom. The number of amides is 1. The van der Waals surface area contributed by atoms with Gasteiger partial charge in [0.25, 0.3) is 0 Å². The fraction of sp³-hybridized carbons (Fsp3) is 0.458. The average molecular weight is 447 g/mol. The molecule has 1 aliphatic rings. The molecule has 1 aliphatic heterocycles. The molecule has 168 valence electrons. The van der Waals surface area contributed by atoms with Crippen LogP contribution in [-0.4, -0.2) is 38.4 Å². The number of rotatable bonds is 6. The molecule has 0 radical (unpaired) electrons. The number of nitrogens with one attached hydrogen (secondary N) is 1. The first-order chi connectivity index (χ1) is 14.5. The minimum Gasteiger partial charge on any atom is -0.343 e. The van der Waals surface area contributed by atoms with Crippen LogP contribution in [0.2, 0.25) is 0 Å². The van der Waals surface area contributed by atoms with E-state index < -0.39 is 15.8 Å². The van der Waals surface area contributed by atoms with Gasteiger partial charge in [-0.3, -0.25) is 4.79 Å². The van der Waals surface area contributed by atoms with Gasteiger partial charge < -0.3 is 4.90 Å². The first kappa shape index (κ1) is 23.4. The molecule has 0 atom stereocenters. The van der Waals surface area contributed by atoms with Gasteiger partial charge in [0, 0.05) is 25.6 Å². The third kappa shape index (κ3) is 6.37. The van der Waals surface area contributed by atoms with Gasteiger partial charge in [0.15, 0.2) is 0 Å². The lowest BCUT2D eigenvalue weighted by Crippen LogP contribution is -2.46. The molecule has 1 amide bonds. The lowest BCUT2D eigenvalue weighted by Gasteiger charge is -2.32. The van der Waals surface area contributed by atoms with Crippen molar-refractivity contribution in [1.82, 2.24) is 9.62 Å². The molecule has 0 unspecified atom stereocenters. The Morgan fingerprint density at radius 3 is 2.16 bits per heavy atom. The molecule has 0 aromatic heterocycles. The standard InChI is InChI=1S/C24H31FN2O3S/c1-24(2,3)19-7-4-18(5-8-19)6-13-23(28)27-16-14-21(15-17-27)26-31(29,30)22-11-9-20(25)10-12-22/h4-5,7-12,21,26H,6,13-17H2,1-3H3. The van der Waals surface area contributed by atoms with Crippen molar-refractivity contribution in [2.24, 2.45) is 0 Å². The van der Waals surface area contributed by atoms with Crippen LogP contribution in [0.5, 0.6) is 0 Å². The molecule has 31 heavy (non-hydrogen) atoms. The Morgan fingerprint density at radius 2 is 1.61 bits per heavy atom. The van der Waals surface area contributed by atoms with Crippen LogP contribution in [0.4, 0.5) is 4.39 Å². The predicted octanol–water partition coefficient (Wildman–Crippen LogP) is 4.03. The molecule has 0 aliphatic carbocycles. The van der Waals surface area contributed by atoms with E-state index in [4.69, 9.17) is 0 Å². The summed E-state index contributed by atoms with van der Waals surface area (Å²) < 4.78 is 40.6. The van der Waals surface area contributed by atoms with Crippen molar-refractivity contribution in [3.05, 3.63) is 65.5 Å². The third-order valence-corrected chi connectivity index (χ3v) is 7.28. The number of carbonyl (C=O) groups excluding carboxylic acids is 1. The van der Waals surface area contributed by atoms with Gasteiger partial charge in [-0.1, -0.05) is 45.0 Å². The number of sulfonamides is 1. The molecule has 1 N–H and O–H groups in total. The maximum absolute atomic E-state index is 13.0. The summed E-state index contributed by atoms with van der Waals surface area (Å²) in [5, 5.41) is 0. The minimum atomic E-state index is -3.69. The quantitative estimate of drug-likeness (QED) is 0.729. The van der Waals surface area contributed by atoms with Crippen molar-refractivity contribution in [3.8, 4) is 0 Å². The van der Waals surface area contributed by atoms with Crippen molar-refractivity contribution in [2.45, 2.75) is 62.8 Å². The van der Waals surface area contributed by atoms with Crippen LogP contribution in [0.3, 0.4) is 0 Å². The van der Waals surface area contributed by atoms with Gasteiger partial charge in [0.2, 0.25) is 15.9 Å². The number of likely N-dealkylation sites (tertiary alicyclic amines) is 1. The lowest BCUT2D eigenvalue weighted by atomic mass is 9.86. The van der Waals surface area contributed by atoms with E-state index in [0.717, 1.165) is 17.7 Å². The number of benzene rings is 2. The van der Waals surface area contributed by atoms with E-state index in [1.807, 2.05) is 4.90 Å². The van der Waals surface area contributed by atoms with Crippen molar-refractivity contribution < 1.29 is 17.6 Å². The third-order valence-electron chi connectivity index (χ3n) is 5.74. The highest BCUT2D eigenvalue weighted by atomic mass is 32.2. The van der Waals surface area contributed by atoms with Gasteiger partial charge in [0.1, 0.15) is 5.82 Å². The van der Waals surface area contributed by atoms with Crippen LogP contribution in [0, 0.1) is 5.82 Å². The number of piperidine rings is 1. The number of carbonyl (C=O) groups is 1. The van der Waals surface area contributed by atoms with Gasteiger partial charge >= 0.3 is 0 Å². The molecule has 7 heteroatoms. The summed E-state index contributed by atoms with van der Waals surface area (Å²) in [7, 11) is -3.69. The maximum Gasteiger partial charge on any atom is 0.240 e. The first-order valence-corrected chi connectivity index (χ1v) is 12.2. The molecule has 0 spiro atoms. The SMILES string of the molecule is CC(C)(C)c1ccc(CCC(=O)N2CCC(NS(=O)(=O)c3ccc(F)cc3)CC2)cc1. The summed E-state index contributed by atoms with van der Waals surface area (Å²) in [6, 6.07) is 13.0. The van der Waals surface area contributed by atoms with E-state index in [1.54, 1.807) is 0 Å². The van der Waals surface area contributed by atoms with Crippen LogP contribution in [0.15, 0.2) is 53.4 Å². The van der Waals surface area contributed by atoms with Gasteiger partial charge in [0.05, 0.1) is 4.90 Å². The summed E-state index contributed by atoms with van der Waals surface area (Å²) in [5.74, 6) is -0.379. The zero-order chi connectivity index (χ0) is 22.6. The van der Waals surface area contributed by atoms with Crippen LogP contribution in [0.25, 0.3) is 0 Å². The van der Waals surface area contributed by atoms with Gasteiger partial charge in [-0.25, -0.2) is 17.5 Å². The van der Waals surface area contributed by atoms with Crippen molar-refractivity contribution in [2.75, 3.05) is 13.1 Å². The summed E-state index contributed by atoms with van der Waals surface area (Å²) in [6.07, 6.45) is 2.26. The zero-order valence-corrected chi connectivity index (χ0v) is 19.2. The summed E-state index contributed by atoms with van der Waals surface area (Å²) in [6.45, 7) is 7.58. The summed E-state index contributed by atoms with van der Waals surface area (Å²) >= 11 is 0. The van der Waals surface area contributed by atoms with Crippen LogP contribution >= 0.6 is 0 Å². The van der Waals surface area contributed by atoms with Crippen molar-refractivity contribution in [1.29, 1.82) is 0 Å². The maximum atomic E-state index is 13.0. The number of aryl methyl sites for hydroxylation is 1. The van der Waals surface area contributed by atoms with Crippen molar-refractivity contribution in [3.63, 3.8) is 0 Å². The van der Waals surface area contributed by atoms with Crippen LogP contribution < -0.4 is 4.72 Å². The normalized spacial score (nSPS) is 15.8. The Balaban J connectivity index is 1.47. The highest BCUT2D eigenvalue weighted by Crippen LogP contribution is 2.23. The second-order valence-corrected chi connectivity index (χ2v) is 10.9. The second-order valence-electron chi connectivity index (χ2n) is 9.18. The highest BCUT2D eigenvalue weighted by molar-refractivity contribution is 7.89. The Bertz CT molecular complexity index is 989. The molecule has 1 fully saturated rings. The number of hydrogen-bond donors (Lipinski definition) is 1. The summed E-state index contributed by atoms with van der Waals surface area (Å²) in [5.41, 5.74) is 2.52.